The molecule has 0 radical (unpaired) electrons. The molecule has 3 heteroatoms. The van der Waals surface area contributed by atoms with Crippen molar-refractivity contribution in [3.05, 3.63) is 16.1 Å². The van der Waals surface area contributed by atoms with E-state index in [1.165, 1.54) is 30.0 Å². The summed E-state index contributed by atoms with van der Waals surface area (Å²) in [6.45, 7) is 8.97. The second-order valence-electron chi connectivity index (χ2n) is 6.52. The van der Waals surface area contributed by atoms with Crippen LogP contribution in [0.15, 0.2) is 5.38 Å². The topological polar surface area (TPSA) is 24.9 Å². The van der Waals surface area contributed by atoms with Crippen LogP contribution in [0.4, 0.5) is 0 Å². The number of rotatable bonds is 4. The Labute approximate surface area is 109 Å². The predicted octanol–water partition coefficient (Wildman–Crippen LogP) is 3.68. The number of hydrogen-bond donors (Lipinski definition) is 1. The molecule has 0 saturated heterocycles. The van der Waals surface area contributed by atoms with Crippen molar-refractivity contribution in [3.8, 4) is 0 Å². The molecule has 0 bridgehead atoms. The molecular formula is C14H24N2S. The maximum Gasteiger partial charge on any atom is 0.113 e. The highest BCUT2D eigenvalue weighted by molar-refractivity contribution is 7.09. The second-order valence-corrected chi connectivity index (χ2v) is 7.38. The molecule has 17 heavy (non-hydrogen) atoms. The quantitative estimate of drug-likeness (QED) is 0.884. The third-order valence-corrected chi connectivity index (χ3v) is 4.80. The van der Waals surface area contributed by atoms with Crippen molar-refractivity contribution in [1.29, 1.82) is 0 Å². The summed E-state index contributed by atoms with van der Waals surface area (Å²) in [5.41, 5.74) is 1.44. The van der Waals surface area contributed by atoms with Crippen LogP contribution in [0.3, 0.4) is 0 Å². The fourth-order valence-corrected chi connectivity index (χ4v) is 3.29. The highest BCUT2D eigenvalue weighted by Crippen LogP contribution is 2.41. The summed E-state index contributed by atoms with van der Waals surface area (Å²) in [4.78, 5) is 4.86. The summed E-state index contributed by atoms with van der Waals surface area (Å²) in [6.07, 6.45) is 4.02. The van der Waals surface area contributed by atoms with Gasteiger partial charge in [0.1, 0.15) is 5.01 Å². The van der Waals surface area contributed by atoms with Gasteiger partial charge in [0, 0.05) is 10.8 Å². The summed E-state index contributed by atoms with van der Waals surface area (Å²) in [7, 11) is 2.06. The first-order valence-corrected chi connectivity index (χ1v) is 7.38. The monoisotopic (exact) mass is 252 g/mol. The molecule has 96 valence electrons. The van der Waals surface area contributed by atoms with Crippen LogP contribution >= 0.6 is 11.3 Å². The molecule has 1 heterocycles. The zero-order chi connectivity index (χ0) is 12.7. The van der Waals surface area contributed by atoms with E-state index in [0.29, 0.717) is 0 Å². The highest BCUT2D eigenvalue weighted by atomic mass is 32.1. The van der Waals surface area contributed by atoms with Crippen molar-refractivity contribution >= 4 is 11.3 Å². The number of hydrogen-bond acceptors (Lipinski definition) is 3. The standard InChI is InChI=1S/C14H24N2S/c1-13(2,3)11-9-17-12(16-11)14(4,15-5)8-10-6-7-10/h9-10,15H,6-8H2,1-5H3. The van der Waals surface area contributed by atoms with Gasteiger partial charge < -0.3 is 5.32 Å². The van der Waals surface area contributed by atoms with Gasteiger partial charge in [-0.05, 0) is 26.3 Å². The fourth-order valence-electron chi connectivity index (χ4n) is 2.07. The molecular weight excluding hydrogens is 228 g/mol. The molecule has 1 aromatic heterocycles. The van der Waals surface area contributed by atoms with Crippen LogP contribution in [-0.4, -0.2) is 12.0 Å². The first kappa shape index (κ1) is 13.0. The van der Waals surface area contributed by atoms with Crippen LogP contribution in [0.25, 0.3) is 0 Å². The molecule has 1 saturated carbocycles. The van der Waals surface area contributed by atoms with Gasteiger partial charge in [-0.1, -0.05) is 33.6 Å². The average molecular weight is 252 g/mol. The number of nitrogens with zero attached hydrogens (tertiary/aromatic N) is 1. The third kappa shape index (κ3) is 2.89. The first-order chi connectivity index (χ1) is 7.85. The Morgan fingerprint density at radius 1 is 1.35 bits per heavy atom. The minimum Gasteiger partial charge on any atom is -0.309 e. The van der Waals surface area contributed by atoms with E-state index >= 15 is 0 Å². The molecule has 1 aliphatic rings. The van der Waals surface area contributed by atoms with Crippen LogP contribution in [0.1, 0.15) is 57.7 Å². The largest absolute Gasteiger partial charge is 0.309 e. The van der Waals surface area contributed by atoms with Crippen molar-refractivity contribution in [2.24, 2.45) is 5.92 Å². The van der Waals surface area contributed by atoms with E-state index in [0.717, 1.165) is 5.92 Å². The normalized spacial score (nSPS) is 20.3. The second kappa shape index (κ2) is 4.36. The lowest BCUT2D eigenvalue weighted by atomic mass is 9.92. The predicted molar refractivity (Wildman–Crippen MR) is 74.6 cm³/mol. The lowest BCUT2D eigenvalue weighted by Gasteiger charge is -2.27. The van der Waals surface area contributed by atoms with Gasteiger partial charge in [-0.15, -0.1) is 11.3 Å². The minimum atomic E-state index is 0.0648. The number of nitrogens with one attached hydrogen (secondary N) is 1. The van der Waals surface area contributed by atoms with Gasteiger partial charge in [0.15, 0.2) is 0 Å². The zero-order valence-corrected chi connectivity index (χ0v) is 12.4. The summed E-state index contributed by atoms with van der Waals surface area (Å²) in [5.74, 6) is 0.912. The van der Waals surface area contributed by atoms with Crippen molar-refractivity contribution in [1.82, 2.24) is 10.3 Å². The summed E-state index contributed by atoms with van der Waals surface area (Å²) >= 11 is 1.80. The van der Waals surface area contributed by atoms with Gasteiger partial charge in [-0.25, -0.2) is 4.98 Å². The number of aromatic nitrogens is 1. The van der Waals surface area contributed by atoms with Gasteiger partial charge in [0.25, 0.3) is 0 Å². The fraction of sp³-hybridized carbons (Fsp3) is 0.786. The van der Waals surface area contributed by atoms with Crippen molar-refractivity contribution in [2.45, 2.75) is 57.9 Å². The molecule has 2 nitrogen and oxygen atoms in total. The Kier molecular flexibility index (Phi) is 3.34. The molecule has 1 atom stereocenters. The van der Waals surface area contributed by atoms with Gasteiger partial charge in [-0.3, -0.25) is 0 Å². The van der Waals surface area contributed by atoms with Crippen LogP contribution in [0, 0.1) is 5.92 Å². The van der Waals surface area contributed by atoms with E-state index < -0.39 is 0 Å². The first-order valence-electron chi connectivity index (χ1n) is 6.50. The Balaban J connectivity index is 2.21. The molecule has 1 aliphatic carbocycles. The van der Waals surface area contributed by atoms with Gasteiger partial charge in [0.05, 0.1) is 11.2 Å². The SMILES string of the molecule is CNC(C)(CC1CC1)c1nc(C(C)(C)C)cs1. The molecule has 1 aromatic rings. The summed E-state index contributed by atoms with van der Waals surface area (Å²) in [6, 6.07) is 0. The summed E-state index contributed by atoms with van der Waals surface area (Å²) in [5, 5.41) is 6.95. The average Bonchev–Trinajstić information content (AvgIpc) is 2.88. The van der Waals surface area contributed by atoms with E-state index in [4.69, 9.17) is 4.98 Å². The molecule has 1 fully saturated rings. The van der Waals surface area contributed by atoms with E-state index in [1.807, 2.05) is 0 Å². The smallest absolute Gasteiger partial charge is 0.113 e. The van der Waals surface area contributed by atoms with Crippen LogP contribution < -0.4 is 5.32 Å². The van der Waals surface area contributed by atoms with E-state index in [1.54, 1.807) is 11.3 Å². The van der Waals surface area contributed by atoms with E-state index in [9.17, 15) is 0 Å². The Morgan fingerprint density at radius 2 is 2.00 bits per heavy atom. The van der Waals surface area contributed by atoms with Crippen molar-refractivity contribution in [2.75, 3.05) is 7.05 Å². The Hall–Kier alpha value is -0.410. The number of thiazole rings is 1. The van der Waals surface area contributed by atoms with Gasteiger partial charge in [0.2, 0.25) is 0 Å². The lowest BCUT2D eigenvalue weighted by molar-refractivity contribution is 0.346. The molecule has 2 rings (SSSR count). The highest BCUT2D eigenvalue weighted by Gasteiger charge is 2.36. The minimum absolute atomic E-state index is 0.0648. The Morgan fingerprint density at radius 3 is 2.41 bits per heavy atom. The molecule has 1 N–H and O–H groups in total. The van der Waals surface area contributed by atoms with Gasteiger partial charge >= 0.3 is 0 Å². The molecule has 1 unspecified atom stereocenters. The van der Waals surface area contributed by atoms with Crippen LogP contribution in [-0.2, 0) is 11.0 Å². The molecule has 0 spiro atoms. The lowest BCUT2D eigenvalue weighted by Crippen LogP contribution is -2.37. The summed E-state index contributed by atoms with van der Waals surface area (Å²) < 4.78 is 0. The van der Waals surface area contributed by atoms with Crippen LogP contribution in [0.2, 0.25) is 0 Å². The molecule has 0 aromatic carbocycles. The van der Waals surface area contributed by atoms with Crippen LogP contribution in [0.5, 0.6) is 0 Å². The van der Waals surface area contributed by atoms with E-state index in [2.05, 4.69) is 45.4 Å². The van der Waals surface area contributed by atoms with Gasteiger partial charge in [-0.2, -0.15) is 0 Å². The third-order valence-electron chi connectivity index (χ3n) is 3.69. The van der Waals surface area contributed by atoms with Crippen molar-refractivity contribution in [3.63, 3.8) is 0 Å². The zero-order valence-electron chi connectivity index (χ0n) is 11.6. The molecule has 0 amide bonds. The molecule has 0 aliphatic heterocycles. The maximum atomic E-state index is 4.86. The van der Waals surface area contributed by atoms with E-state index in [-0.39, 0.29) is 11.0 Å². The Bertz CT molecular complexity index is 387. The van der Waals surface area contributed by atoms with Crippen molar-refractivity contribution < 1.29 is 0 Å². The maximum absolute atomic E-state index is 4.86.